The molecule has 0 fully saturated rings. The Morgan fingerprint density at radius 2 is 1.81 bits per heavy atom. The van der Waals surface area contributed by atoms with Crippen LogP contribution < -0.4 is 5.56 Å². The van der Waals surface area contributed by atoms with Gasteiger partial charge in [-0.2, -0.15) is 0 Å². The Morgan fingerprint density at radius 1 is 1.05 bits per heavy atom. The van der Waals surface area contributed by atoms with Crippen molar-refractivity contribution in [2.75, 3.05) is 0 Å². The van der Waals surface area contributed by atoms with E-state index in [1.165, 1.54) is 5.56 Å². The van der Waals surface area contributed by atoms with Crippen LogP contribution in [0.2, 0.25) is 0 Å². The zero-order chi connectivity index (χ0) is 14.7. The topological polar surface area (TPSA) is 45.8 Å². The molecule has 1 heterocycles. The second kappa shape index (κ2) is 5.75. The second-order valence-corrected chi connectivity index (χ2v) is 4.90. The molecule has 3 aromatic rings. The first kappa shape index (κ1) is 13.3. The molecule has 0 atom stereocenters. The molecule has 2 aromatic carbocycles. The molecule has 0 bridgehead atoms. The molecule has 0 spiro atoms. The van der Waals surface area contributed by atoms with Gasteiger partial charge in [-0.15, -0.1) is 0 Å². The molecule has 3 rings (SSSR count). The molecule has 0 aliphatic rings. The third kappa shape index (κ3) is 2.92. The predicted octanol–water partition coefficient (Wildman–Crippen LogP) is 3.66. The third-order valence-corrected chi connectivity index (χ3v) is 3.45. The third-order valence-electron chi connectivity index (χ3n) is 3.45. The summed E-state index contributed by atoms with van der Waals surface area (Å²) in [4.78, 5) is 19.2. The van der Waals surface area contributed by atoms with Crippen LogP contribution in [0.15, 0.2) is 53.3 Å². The average Bonchev–Trinajstić information content (AvgIpc) is 2.53. The summed E-state index contributed by atoms with van der Waals surface area (Å²) in [7, 11) is 0. The Bertz CT molecular complexity index is 845. The molecule has 0 aliphatic carbocycles. The van der Waals surface area contributed by atoms with Crippen molar-refractivity contribution in [2.45, 2.75) is 13.3 Å². The lowest BCUT2D eigenvalue weighted by molar-refractivity contribution is 1.14. The summed E-state index contributed by atoms with van der Waals surface area (Å²) in [5.74, 6) is 0.568. The van der Waals surface area contributed by atoms with Crippen molar-refractivity contribution >= 4 is 23.1 Å². The van der Waals surface area contributed by atoms with E-state index in [0.29, 0.717) is 16.7 Å². The van der Waals surface area contributed by atoms with Crippen molar-refractivity contribution in [3.05, 3.63) is 75.8 Å². The van der Waals surface area contributed by atoms with Crippen molar-refractivity contribution in [3.63, 3.8) is 0 Å². The Kier molecular flexibility index (Phi) is 3.65. The van der Waals surface area contributed by atoms with Crippen LogP contribution in [0.1, 0.15) is 23.9 Å². The Hall–Kier alpha value is -2.68. The maximum atomic E-state index is 12.0. The quantitative estimate of drug-likeness (QED) is 0.793. The number of aromatic nitrogens is 2. The maximum absolute atomic E-state index is 12.0. The molecule has 0 unspecified atom stereocenters. The van der Waals surface area contributed by atoms with Gasteiger partial charge in [0.15, 0.2) is 0 Å². The van der Waals surface area contributed by atoms with E-state index in [1.54, 1.807) is 6.07 Å². The molecule has 1 aromatic heterocycles. The summed E-state index contributed by atoms with van der Waals surface area (Å²) < 4.78 is 0. The number of para-hydroxylation sites is 1. The number of benzene rings is 2. The number of aromatic amines is 1. The first-order chi connectivity index (χ1) is 10.3. The number of nitrogens with one attached hydrogen (secondary N) is 1. The van der Waals surface area contributed by atoms with Crippen LogP contribution in [-0.2, 0) is 6.42 Å². The number of fused-ring (bicyclic) bond motifs is 1. The average molecular weight is 276 g/mol. The number of hydrogen-bond donors (Lipinski definition) is 1. The van der Waals surface area contributed by atoms with Crippen LogP contribution in [0, 0.1) is 0 Å². The van der Waals surface area contributed by atoms with E-state index in [0.717, 1.165) is 12.0 Å². The standard InChI is InChI=1S/C18H16N2O/c1-2-13-7-9-14(10-8-13)11-12-17-19-16-6-4-3-5-15(16)18(21)20-17/h3-12H,2H2,1H3,(H,19,20,21)/b12-11+. The fourth-order valence-electron chi connectivity index (χ4n) is 2.22. The van der Waals surface area contributed by atoms with Crippen LogP contribution in [0.4, 0.5) is 0 Å². The van der Waals surface area contributed by atoms with Gasteiger partial charge in [0.2, 0.25) is 0 Å². The van der Waals surface area contributed by atoms with Gasteiger partial charge < -0.3 is 4.98 Å². The monoisotopic (exact) mass is 276 g/mol. The largest absolute Gasteiger partial charge is 0.306 e. The van der Waals surface area contributed by atoms with Crippen molar-refractivity contribution in [2.24, 2.45) is 0 Å². The molecule has 3 heteroatoms. The van der Waals surface area contributed by atoms with E-state index < -0.39 is 0 Å². The highest BCUT2D eigenvalue weighted by Gasteiger charge is 2.00. The van der Waals surface area contributed by atoms with Crippen LogP contribution in [0.5, 0.6) is 0 Å². The molecule has 21 heavy (non-hydrogen) atoms. The SMILES string of the molecule is CCc1ccc(/C=C/c2nc3ccccc3c(=O)[nH]2)cc1. The van der Waals surface area contributed by atoms with Gasteiger partial charge >= 0.3 is 0 Å². The molecule has 1 N–H and O–H groups in total. The van der Waals surface area contributed by atoms with Gasteiger partial charge in [0.05, 0.1) is 10.9 Å². The number of nitrogens with zero attached hydrogens (tertiary/aromatic N) is 1. The zero-order valence-electron chi connectivity index (χ0n) is 11.8. The lowest BCUT2D eigenvalue weighted by atomic mass is 10.1. The Labute approximate surface area is 123 Å². The summed E-state index contributed by atoms with van der Waals surface area (Å²) in [6.45, 7) is 2.13. The molecule has 3 nitrogen and oxygen atoms in total. The maximum Gasteiger partial charge on any atom is 0.259 e. The highest BCUT2D eigenvalue weighted by atomic mass is 16.1. The molecule has 104 valence electrons. The molecule has 0 saturated carbocycles. The Balaban J connectivity index is 1.93. The fourth-order valence-corrected chi connectivity index (χ4v) is 2.22. The van der Waals surface area contributed by atoms with Gasteiger partial charge in [0, 0.05) is 0 Å². The Morgan fingerprint density at radius 3 is 2.57 bits per heavy atom. The molecular formula is C18H16N2O. The van der Waals surface area contributed by atoms with E-state index >= 15 is 0 Å². The fraction of sp³-hybridized carbons (Fsp3) is 0.111. The van der Waals surface area contributed by atoms with E-state index in [9.17, 15) is 4.79 Å². The minimum atomic E-state index is -0.110. The summed E-state index contributed by atoms with van der Waals surface area (Å²) in [5.41, 5.74) is 3.00. The zero-order valence-corrected chi connectivity index (χ0v) is 11.8. The van der Waals surface area contributed by atoms with Gasteiger partial charge in [0.25, 0.3) is 5.56 Å². The van der Waals surface area contributed by atoms with Gasteiger partial charge in [-0.05, 0) is 35.8 Å². The minimum Gasteiger partial charge on any atom is -0.306 e. The molecule has 0 saturated heterocycles. The smallest absolute Gasteiger partial charge is 0.259 e. The lowest BCUT2D eigenvalue weighted by Gasteiger charge is -1.99. The van der Waals surface area contributed by atoms with Crippen LogP contribution in [-0.4, -0.2) is 9.97 Å². The van der Waals surface area contributed by atoms with Crippen LogP contribution in [0.25, 0.3) is 23.1 Å². The first-order valence-electron chi connectivity index (χ1n) is 7.02. The highest BCUT2D eigenvalue weighted by molar-refractivity contribution is 5.78. The van der Waals surface area contributed by atoms with E-state index in [4.69, 9.17) is 0 Å². The molecular weight excluding hydrogens is 260 g/mol. The van der Waals surface area contributed by atoms with Gasteiger partial charge in [0.1, 0.15) is 5.82 Å². The van der Waals surface area contributed by atoms with E-state index in [-0.39, 0.29) is 5.56 Å². The number of aryl methyl sites for hydroxylation is 1. The van der Waals surface area contributed by atoms with Crippen molar-refractivity contribution in [3.8, 4) is 0 Å². The number of H-pyrrole nitrogens is 1. The normalized spacial score (nSPS) is 11.3. The minimum absolute atomic E-state index is 0.110. The van der Waals surface area contributed by atoms with E-state index in [1.807, 2.05) is 30.4 Å². The predicted molar refractivity (Wildman–Crippen MR) is 87.1 cm³/mol. The summed E-state index contributed by atoms with van der Waals surface area (Å²) >= 11 is 0. The second-order valence-electron chi connectivity index (χ2n) is 4.90. The molecule has 0 aliphatic heterocycles. The van der Waals surface area contributed by atoms with Gasteiger partial charge in [-0.1, -0.05) is 49.4 Å². The van der Waals surface area contributed by atoms with Gasteiger partial charge in [-0.3, -0.25) is 4.79 Å². The number of hydrogen-bond acceptors (Lipinski definition) is 2. The van der Waals surface area contributed by atoms with Crippen molar-refractivity contribution in [1.29, 1.82) is 0 Å². The summed E-state index contributed by atoms with van der Waals surface area (Å²) in [5, 5.41) is 0.613. The number of rotatable bonds is 3. The highest BCUT2D eigenvalue weighted by Crippen LogP contribution is 2.10. The van der Waals surface area contributed by atoms with Crippen molar-refractivity contribution in [1.82, 2.24) is 9.97 Å². The first-order valence-corrected chi connectivity index (χ1v) is 7.02. The molecule has 0 amide bonds. The van der Waals surface area contributed by atoms with Crippen molar-refractivity contribution < 1.29 is 0 Å². The van der Waals surface area contributed by atoms with Crippen LogP contribution >= 0.6 is 0 Å². The van der Waals surface area contributed by atoms with E-state index in [2.05, 4.69) is 41.2 Å². The van der Waals surface area contributed by atoms with Crippen LogP contribution in [0.3, 0.4) is 0 Å². The lowest BCUT2D eigenvalue weighted by Crippen LogP contribution is -2.09. The summed E-state index contributed by atoms with van der Waals surface area (Å²) in [6.07, 6.45) is 4.81. The van der Waals surface area contributed by atoms with Gasteiger partial charge in [-0.25, -0.2) is 4.98 Å². The summed E-state index contributed by atoms with van der Waals surface area (Å²) in [6, 6.07) is 15.7. The molecule has 0 radical (unpaired) electrons.